The largest absolute Gasteiger partial charge is 0.336 e. The van der Waals surface area contributed by atoms with Crippen LogP contribution in [-0.4, -0.2) is 60.1 Å². The first-order valence-corrected chi connectivity index (χ1v) is 8.71. The van der Waals surface area contributed by atoms with Gasteiger partial charge in [0.05, 0.1) is 11.1 Å². The number of fused-ring (bicyclic) bond motifs is 1. The van der Waals surface area contributed by atoms with E-state index in [0.29, 0.717) is 17.3 Å². The lowest BCUT2D eigenvalue weighted by molar-refractivity contribution is 0.0666. The Bertz CT molecular complexity index is 778. The molecule has 1 saturated heterocycles. The summed E-state index contributed by atoms with van der Waals surface area (Å²) < 4.78 is 0. The van der Waals surface area contributed by atoms with Crippen LogP contribution in [0.25, 0.3) is 10.9 Å². The number of carbonyl (C=O) groups excluding carboxylic acids is 1. The third-order valence-corrected chi connectivity index (χ3v) is 4.29. The van der Waals surface area contributed by atoms with Crippen molar-refractivity contribution in [2.75, 3.05) is 38.7 Å². The maximum Gasteiger partial charge on any atom is 0.254 e. The fourth-order valence-electron chi connectivity index (χ4n) is 2.84. The molecule has 1 amide bonds. The summed E-state index contributed by atoms with van der Waals surface area (Å²) >= 11 is 0. The Kier molecular flexibility index (Phi) is 5.28. The Morgan fingerprint density at radius 3 is 2.68 bits per heavy atom. The molecule has 1 fully saturated rings. The maximum atomic E-state index is 13.1. The fourth-order valence-corrected chi connectivity index (χ4v) is 2.84. The number of nitrogens with one attached hydrogen (secondary N) is 1. The molecule has 1 aliphatic heterocycles. The third-order valence-electron chi connectivity index (χ3n) is 4.29. The summed E-state index contributed by atoms with van der Waals surface area (Å²) in [6.45, 7) is 7.42. The van der Waals surface area contributed by atoms with E-state index < -0.39 is 0 Å². The highest BCUT2D eigenvalue weighted by Gasteiger charge is 2.22. The summed E-state index contributed by atoms with van der Waals surface area (Å²) in [6, 6.07) is 9.55. The van der Waals surface area contributed by atoms with E-state index in [2.05, 4.69) is 41.3 Å². The van der Waals surface area contributed by atoms with Crippen LogP contribution < -0.4 is 5.43 Å². The number of likely N-dealkylation sites (N-methyl/N-ethyl adjacent to an activating group) is 1. The van der Waals surface area contributed by atoms with Crippen molar-refractivity contribution < 1.29 is 4.79 Å². The van der Waals surface area contributed by atoms with Crippen LogP contribution in [0.4, 0.5) is 5.82 Å². The number of piperazine rings is 1. The van der Waals surface area contributed by atoms with E-state index in [1.165, 1.54) is 0 Å². The number of hydrogen-bond acceptors (Lipinski definition) is 5. The molecule has 0 unspecified atom stereocenters. The summed E-state index contributed by atoms with van der Waals surface area (Å²) in [5.41, 5.74) is 4.43. The van der Waals surface area contributed by atoms with Gasteiger partial charge in [0.25, 0.3) is 5.91 Å². The molecule has 0 radical (unpaired) electrons. The van der Waals surface area contributed by atoms with Gasteiger partial charge in [0.15, 0.2) is 0 Å². The molecule has 1 N–H and O–H groups in total. The highest BCUT2D eigenvalue weighted by Crippen LogP contribution is 2.23. The predicted molar refractivity (Wildman–Crippen MR) is 102 cm³/mol. The number of rotatable bonds is 4. The molecule has 0 saturated carbocycles. The SMILES string of the molecule is CC(C)/C=N/Nc1cc(C(=O)N2CCN(C)CC2)c2ccccc2n1. The minimum atomic E-state index is 0.0580. The third kappa shape index (κ3) is 4.14. The molecule has 1 aliphatic rings. The van der Waals surface area contributed by atoms with Crippen molar-refractivity contribution in [2.45, 2.75) is 13.8 Å². The molecular formula is C19H25N5O. The van der Waals surface area contributed by atoms with E-state index in [-0.39, 0.29) is 5.91 Å². The van der Waals surface area contributed by atoms with Crippen LogP contribution >= 0.6 is 0 Å². The molecule has 1 aromatic heterocycles. The van der Waals surface area contributed by atoms with Crippen LogP contribution in [0.5, 0.6) is 0 Å². The van der Waals surface area contributed by atoms with Gasteiger partial charge >= 0.3 is 0 Å². The number of aromatic nitrogens is 1. The van der Waals surface area contributed by atoms with Crippen LogP contribution in [-0.2, 0) is 0 Å². The summed E-state index contributed by atoms with van der Waals surface area (Å²) in [7, 11) is 2.08. The highest BCUT2D eigenvalue weighted by molar-refractivity contribution is 6.07. The highest BCUT2D eigenvalue weighted by atomic mass is 16.2. The van der Waals surface area contributed by atoms with Crippen LogP contribution in [0.2, 0.25) is 0 Å². The monoisotopic (exact) mass is 339 g/mol. The van der Waals surface area contributed by atoms with Gasteiger partial charge in [0, 0.05) is 37.8 Å². The molecule has 0 aliphatic carbocycles. The van der Waals surface area contributed by atoms with Crippen LogP contribution in [0.1, 0.15) is 24.2 Å². The molecule has 6 heteroatoms. The number of hydrazone groups is 1. The summed E-state index contributed by atoms with van der Waals surface area (Å²) in [6.07, 6.45) is 1.82. The molecule has 2 heterocycles. The second-order valence-corrected chi connectivity index (χ2v) is 6.80. The summed E-state index contributed by atoms with van der Waals surface area (Å²) in [4.78, 5) is 21.8. The number of anilines is 1. The van der Waals surface area contributed by atoms with Crippen molar-refractivity contribution in [2.24, 2.45) is 11.0 Å². The summed E-state index contributed by atoms with van der Waals surface area (Å²) in [5.74, 6) is 0.995. The zero-order valence-corrected chi connectivity index (χ0v) is 15.1. The molecule has 132 valence electrons. The van der Waals surface area contributed by atoms with E-state index in [0.717, 1.165) is 37.1 Å². The second-order valence-electron chi connectivity index (χ2n) is 6.80. The van der Waals surface area contributed by atoms with Crippen molar-refractivity contribution in [1.29, 1.82) is 0 Å². The van der Waals surface area contributed by atoms with Gasteiger partial charge in [-0.15, -0.1) is 0 Å². The van der Waals surface area contributed by atoms with Crippen LogP contribution in [0, 0.1) is 5.92 Å². The molecule has 0 spiro atoms. The topological polar surface area (TPSA) is 60.8 Å². The quantitative estimate of drug-likeness (QED) is 0.687. The Balaban J connectivity index is 1.93. The van der Waals surface area contributed by atoms with Crippen LogP contribution in [0.15, 0.2) is 35.4 Å². The average Bonchev–Trinajstić information content (AvgIpc) is 2.61. The van der Waals surface area contributed by atoms with Gasteiger partial charge in [0.1, 0.15) is 5.82 Å². The lowest BCUT2D eigenvalue weighted by Gasteiger charge is -2.32. The zero-order valence-electron chi connectivity index (χ0n) is 15.1. The Labute approximate surface area is 148 Å². The minimum Gasteiger partial charge on any atom is -0.336 e. The molecule has 6 nitrogen and oxygen atoms in total. The van der Waals surface area contributed by atoms with Gasteiger partial charge in [-0.2, -0.15) is 5.10 Å². The van der Waals surface area contributed by atoms with Gasteiger partial charge in [-0.25, -0.2) is 4.98 Å². The van der Waals surface area contributed by atoms with Gasteiger partial charge in [-0.1, -0.05) is 32.0 Å². The molecular weight excluding hydrogens is 314 g/mol. The van der Waals surface area contributed by atoms with E-state index in [1.807, 2.05) is 35.4 Å². The Hall–Kier alpha value is -2.47. The zero-order chi connectivity index (χ0) is 17.8. The maximum absolute atomic E-state index is 13.1. The molecule has 1 aromatic carbocycles. The van der Waals surface area contributed by atoms with Crippen molar-refractivity contribution in [1.82, 2.24) is 14.8 Å². The van der Waals surface area contributed by atoms with Crippen molar-refractivity contribution in [3.05, 3.63) is 35.9 Å². The first-order valence-electron chi connectivity index (χ1n) is 8.71. The number of hydrogen-bond donors (Lipinski definition) is 1. The lowest BCUT2D eigenvalue weighted by atomic mass is 10.1. The normalized spacial score (nSPS) is 16.1. The molecule has 0 bridgehead atoms. The van der Waals surface area contributed by atoms with Crippen molar-refractivity contribution in [3.8, 4) is 0 Å². The minimum absolute atomic E-state index is 0.0580. The molecule has 3 rings (SSSR count). The average molecular weight is 339 g/mol. The number of benzene rings is 1. The first kappa shape index (κ1) is 17.4. The van der Waals surface area contributed by atoms with E-state index in [4.69, 9.17) is 0 Å². The Morgan fingerprint density at radius 1 is 1.24 bits per heavy atom. The number of para-hydroxylation sites is 1. The predicted octanol–water partition coefficient (Wildman–Crippen LogP) is 2.68. The van der Waals surface area contributed by atoms with E-state index in [9.17, 15) is 4.79 Å². The smallest absolute Gasteiger partial charge is 0.254 e. The lowest BCUT2D eigenvalue weighted by Crippen LogP contribution is -2.47. The molecule has 25 heavy (non-hydrogen) atoms. The second kappa shape index (κ2) is 7.61. The molecule has 2 aromatic rings. The molecule has 0 atom stereocenters. The number of carbonyl (C=O) groups is 1. The first-order chi connectivity index (χ1) is 12.0. The fraction of sp³-hybridized carbons (Fsp3) is 0.421. The van der Waals surface area contributed by atoms with Crippen molar-refractivity contribution in [3.63, 3.8) is 0 Å². The van der Waals surface area contributed by atoms with Crippen LogP contribution in [0.3, 0.4) is 0 Å². The number of amides is 1. The Morgan fingerprint density at radius 2 is 1.96 bits per heavy atom. The van der Waals surface area contributed by atoms with E-state index >= 15 is 0 Å². The van der Waals surface area contributed by atoms with Gasteiger partial charge in [0.2, 0.25) is 0 Å². The van der Waals surface area contributed by atoms with Gasteiger partial charge < -0.3 is 9.80 Å². The number of nitrogens with zero attached hydrogens (tertiary/aromatic N) is 4. The van der Waals surface area contributed by atoms with E-state index in [1.54, 1.807) is 6.07 Å². The van der Waals surface area contributed by atoms with Gasteiger partial charge in [-0.05, 0) is 25.1 Å². The standard InChI is InChI=1S/C19H25N5O/c1-14(2)13-20-22-18-12-16(15-6-4-5-7-17(15)21-18)19(25)24-10-8-23(3)9-11-24/h4-7,12-14H,8-11H2,1-3H3,(H,21,22)/b20-13+. The number of pyridine rings is 1. The summed E-state index contributed by atoms with van der Waals surface area (Å²) in [5, 5.41) is 5.08. The van der Waals surface area contributed by atoms with Gasteiger partial charge in [-0.3, -0.25) is 10.2 Å². The van der Waals surface area contributed by atoms with Crippen molar-refractivity contribution >= 4 is 28.8 Å².